The van der Waals surface area contributed by atoms with Crippen LogP contribution in [0.4, 0.5) is 0 Å². The molecule has 0 aliphatic rings. The Morgan fingerprint density at radius 1 is 0.260 bits per heavy atom. The molecule has 0 unspecified atom stereocenters. The van der Waals surface area contributed by atoms with Gasteiger partial charge in [-0.05, 0) is 41.5 Å². The second-order valence-corrected chi connectivity index (χ2v) is 13.5. The number of nitrogens with zero attached hydrogens (tertiary/aromatic N) is 5. The number of hydrogen-bond acceptors (Lipinski definition) is 5. The Morgan fingerprint density at radius 3 is 0.960 bits per heavy atom. The highest BCUT2D eigenvalue weighted by atomic mass is 79.9. The lowest BCUT2D eigenvalue weighted by molar-refractivity contribution is 1.07. The predicted molar refractivity (Wildman–Crippen MR) is 209 cm³/mol. The van der Waals surface area contributed by atoms with Crippen molar-refractivity contribution >= 4 is 31.9 Å². The summed E-state index contributed by atoms with van der Waals surface area (Å²) in [5, 5.41) is 0. The molecule has 0 aliphatic heterocycles. The van der Waals surface area contributed by atoms with Crippen molar-refractivity contribution in [2.24, 2.45) is 0 Å². The second kappa shape index (κ2) is 14.1. The molecule has 0 saturated carbocycles. The molecule has 0 aliphatic carbocycles. The average molecular weight is 774 g/mol. The molecular weight excluding hydrogens is 746 g/mol. The fraction of sp³-hybridized carbons (Fsp3) is 0. The highest BCUT2D eigenvalue weighted by Crippen LogP contribution is 2.31. The molecule has 0 bridgehead atoms. The molecule has 5 nitrogen and oxygen atoms in total. The Morgan fingerprint density at radius 2 is 0.540 bits per heavy atom. The summed E-state index contributed by atoms with van der Waals surface area (Å²) < 4.78 is 2.02. The summed E-state index contributed by atoms with van der Waals surface area (Å²) >= 11 is 7.06. The maximum Gasteiger partial charge on any atom is 0.164 e. The van der Waals surface area contributed by atoms with Gasteiger partial charge in [-0.15, -0.1) is 0 Å². The van der Waals surface area contributed by atoms with Gasteiger partial charge in [-0.25, -0.2) is 24.9 Å². The zero-order valence-electron chi connectivity index (χ0n) is 26.6. The van der Waals surface area contributed by atoms with Crippen LogP contribution in [0, 0.1) is 0 Å². The molecule has 0 radical (unpaired) electrons. The van der Waals surface area contributed by atoms with E-state index < -0.39 is 0 Å². The third-order valence-corrected chi connectivity index (χ3v) is 9.38. The fourth-order valence-corrected chi connectivity index (χ4v) is 6.20. The van der Waals surface area contributed by atoms with E-state index in [-0.39, 0.29) is 0 Å². The Hall–Kier alpha value is -5.63. The molecule has 0 amide bonds. The lowest BCUT2D eigenvalue weighted by Gasteiger charge is -2.11. The lowest BCUT2D eigenvalue weighted by atomic mass is 10.0. The minimum Gasteiger partial charge on any atom is -0.228 e. The first kappa shape index (κ1) is 31.6. The van der Waals surface area contributed by atoms with Gasteiger partial charge in [-0.1, -0.05) is 165 Å². The normalized spacial score (nSPS) is 11.0. The van der Waals surface area contributed by atoms with Gasteiger partial charge in [-0.3, -0.25) is 0 Å². The number of hydrogen-bond donors (Lipinski definition) is 0. The molecule has 0 spiro atoms. The summed E-state index contributed by atoms with van der Waals surface area (Å²) in [5.74, 6) is 2.57. The molecule has 8 rings (SSSR count). The molecule has 0 fully saturated rings. The van der Waals surface area contributed by atoms with Gasteiger partial charge in [0.15, 0.2) is 23.3 Å². The van der Waals surface area contributed by atoms with Crippen molar-refractivity contribution < 1.29 is 0 Å². The second-order valence-electron chi connectivity index (χ2n) is 11.7. The van der Waals surface area contributed by atoms with Gasteiger partial charge in [0.1, 0.15) is 0 Å². The fourth-order valence-electron chi connectivity index (χ4n) is 5.67. The van der Waals surface area contributed by atoms with Crippen LogP contribution in [0.15, 0.2) is 173 Å². The van der Waals surface area contributed by atoms with Crippen LogP contribution in [0.3, 0.4) is 0 Å². The van der Waals surface area contributed by atoms with E-state index in [1.807, 2.05) is 97.1 Å². The molecule has 2 heterocycles. The largest absolute Gasteiger partial charge is 0.228 e. The number of aromatic nitrogens is 5. The van der Waals surface area contributed by atoms with Crippen LogP contribution >= 0.6 is 31.9 Å². The van der Waals surface area contributed by atoms with Gasteiger partial charge in [0.05, 0.1) is 11.4 Å². The molecule has 2 aromatic heterocycles. The van der Waals surface area contributed by atoms with E-state index in [0.29, 0.717) is 23.3 Å². The SMILES string of the molecule is Brc1ccc(-c2nc(-c3ccccc3)cc(-c3ccc(-c4ccc(-c5nc(-c6ccccc6)nc(-c6ccc(Br)cc6)n5)cc4)cc3)n2)cc1. The molecule has 6 aromatic carbocycles. The van der Waals surface area contributed by atoms with Crippen molar-refractivity contribution in [3.05, 3.63) is 173 Å². The zero-order valence-corrected chi connectivity index (χ0v) is 29.8. The number of benzene rings is 6. The summed E-state index contributed by atoms with van der Waals surface area (Å²) in [6, 6.07) is 55.3. The van der Waals surface area contributed by atoms with Crippen molar-refractivity contribution in [2.75, 3.05) is 0 Å². The molecule has 0 N–H and O–H groups in total. The first-order chi connectivity index (χ1) is 24.6. The van der Waals surface area contributed by atoms with E-state index in [1.165, 1.54) is 0 Å². The van der Waals surface area contributed by atoms with E-state index in [1.54, 1.807) is 0 Å². The van der Waals surface area contributed by atoms with Crippen LogP contribution < -0.4 is 0 Å². The molecule has 0 saturated heterocycles. The van der Waals surface area contributed by atoms with Crippen LogP contribution in [0.2, 0.25) is 0 Å². The first-order valence-corrected chi connectivity index (χ1v) is 17.6. The van der Waals surface area contributed by atoms with E-state index >= 15 is 0 Å². The van der Waals surface area contributed by atoms with Crippen LogP contribution in [-0.4, -0.2) is 24.9 Å². The maximum atomic E-state index is 4.99. The van der Waals surface area contributed by atoms with E-state index in [2.05, 4.69) is 98.6 Å². The Balaban J connectivity index is 1.11. The summed E-state index contributed by atoms with van der Waals surface area (Å²) in [5.41, 5.74) is 9.74. The highest BCUT2D eigenvalue weighted by molar-refractivity contribution is 9.10. The molecule has 0 atom stereocenters. The standard InChI is InChI=1S/C43H27Br2N5/c44-36-23-19-34(20-24-36)40-46-38(30-7-3-1-4-8-30)27-39(47-40)31-15-11-28(12-16-31)29-13-17-33(18-14-29)42-48-41(32-9-5-2-6-10-32)49-43(50-42)35-21-25-37(45)26-22-35/h1-27H. The van der Waals surface area contributed by atoms with Gasteiger partial charge >= 0.3 is 0 Å². The third-order valence-electron chi connectivity index (χ3n) is 8.33. The lowest BCUT2D eigenvalue weighted by Crippen LogP contribution is -2.00. The van der Waals surface area contributed by atoms with Crippen LogP contribution in [0.25, 0.3) is 79.2 Å². The minimum atomic E-state index is 0.623. The molecule has 50 heavy (non-hydrogen) atoms. The molecule has 7 heteroatoms. The molecule has 238 valence electrons. The Labute approximate surface area is 307 Å². The average Bonchev–Trinajstić information content (AvgIpc) is 3.19. The van der Waals surface area contributed by atoms with Gasteiger partial charge in [0.2, 0.25) is 0 Å². The molecule has 8 aromatic rings. The van der Waals surface area contributed by atoms with Gasteiger partial charge < -0.3 is 0 Å². The van der Waals surface area contributed by atoms with Gasteiger partial charge in [0, 0.05) is 42.3 Å². The highest BCUT2D eigenvalue weighted by Gasteiger charge is 2.14. The number of rotatable bonds is 7. The summed E-state index contributed by atoms with van der Waals surface area (Å²) in [6.07, 6.45) is 0. The Kier molecular flexibility index (Phi) is 8.90. The van der Waals surface area contributed by atoms with Crippen molar-refractivity contribution in [1.29, 1.82) is 0 Å². The third kappa shape index (κ3) is 6.92. The summed E-state index contributed by atoms with van der Waals surface area (Å²) in [7, 11) is 0. The minimum absolute atomic E-state index is 0.623. The van der Waals surface area contributed by atoms with E-state index in [0.717, 1.165) is 64.8 Å². The maximum absolute atomic E-state index is 4.99. The van der Waals surface area contributed by atoms with Crippen molar-refractivity contribution in [2.45, 2.75) is 0 Å². The van der Waals surface area contributed by atoms with E-state index in [4.69, 9.17) is 24.9 Å². The number of halogens is 2. The van der Waals surface area contributed by atoms with E-state index in [9.17, 15) is 0 Å². The predicted octanol–water partition coefficient (Wildman–Crippen LogP) is 11.9. The summed E-state index contributed by atoms with van der Waals surface area (Å²) in [6.45, 7) is 0. The monoisotopic (exact) mass is 771 g/mol. The molecular formula is C43H27Br2N5. The van der Waals surface area contributed by atoms with Crippen molar-refractivity contribution in [1.82, 2.24) is 24.9 Å². The van der Waals surface area contributed by atoms with Crippen LogP contribution in [0.1, 0.15) is 0 Å². The Bertz CT molecular complexity index is 2220. The first-order valence-electron chi connectivity index (χ1n) is 16.0. The van der Waals surface area contributed by atoms with Crippen molar-refractivity contribution in [3.63, 3.8) is 0 Å². The zero-order chi connectivity index (χ0) is 33.9. The van der Waals surface area contributed by atoms with Crippen LogP contribution in [-0.2, 0) is 0 Å². The quantitative estimate of drug-likeness (QED) is 0.161. The van der Waals surface area contributed by atoms with Crippen molar-refractivity contribution in [3.8, 4) is 79.2 Å². The summed E-state index contributed by atoms with van der Waals surface area (Å²) in [4.78, 5) is 24.5. The smallest absolute Gasteiger partial charge is 0.164 e. The van der Waals surface area contributed by atoms with Gasteiger partial charge in [0.25, 0.3) is 0 Å². The van der Waals surface area contributed by atoms with Gasteiger partial charge in [-0.2, -0.15) is 0 Å². The van der Waals surface area contributed by atoms with Crippen LogP contribution in [0.5, 0.6) is 0 Å². The topological polar surface area (TPSA) is 64.5 Å².